The van der Waals surface area contributed by atoms with Gasteiger partial charge in [-0.2, -0.15) is 0 Å². The lowest BCUT2D eigenvalue weighted by molar-refractivity contribution is 0.0519. The van der Waals surface area contributed by atoms with Crippen molar-refractivity contribution in [2.75, 3.05) is 39.9 Å². The molecule has 0 amide bonds. The van der Waals surface area contributed by atoms with Crippen LogP contribution in [0, 0.1) is 23.2 Å². The molecule has 1 aliphatic heterocycles. The van der Waals surface area contributed by atoms with E-state index >= 15 is 0 Å². The molecule has 0 bridgehead atoms. The minimum absolute atomic E-state index is 0.346. The molecule has 1 aliphatic rings. The Kier molecular flexibility index (Phi) is 7.33. The first kappa shape index (κ1) is 16.9. The van der Waals surface area contributed by atoms with Gasteiger partial charge in [-0.1, -0.05) is 27.7 Å². The minimum Gasteiger partial charge on any atom is -0.384 e. The molecule has 2 N–H and O–H groups in total. The van der Waals surface area contributed by atoms with Crippen molar-refractivity contribution < 1.29 is 4.74 Å². The van der Waals surface area contributed by atoms with E-state index in [9.17, 15) is 0 Å². The van der Waals surface area contributed by atoms with Crippen molar-refractivity contribution >= 4 is 0 Å². The van der Waals surface area contributed by atoms with Crippen molar-refractivity contribution in [3.63, 3.8) is 0 Å². The smallest absolute Gasteiger partial charge is 0.0531 e. The molecule has 1 fully saturated rings. The van der Waals surface area contributed by atoms with Gasteiger partial charge in [-0.25, -0.2) is 0 Å². The molecular weight excluding hydrogens is 236 g/mol. The van der Waals surface area contributed by atoms with E-state index in [0.717, 1.165) is 50.5 Å². The van der Waals surface area contributed by atoms with Gasteiger partial charge in [0.15, 0.2) is 0 Å². The van der Waals surface area contributed by atoms with E-state index in [-0.39, 0.29) is 0 Å². The van der Waals surface area contributed by atoms with Gasteiger partial charge in [0.1, 0.15) is 0 Å². The summed E-state index contributed by atoms with van der Waals surface area (Å²) in [6.45, 7) is 14.7. The third-order valence-corrected chi connectivity index (χ3v) is 4.71. The van der Waals surface area contributed by atoms with Gasteiger partial charge in [0.25, 0.3) is 0 Å². The number of hydrogen-bond acceptors (Lipinski definition) is 3. The van der Waals surface area contributed by atoms with Crippen LogP contribution in [0.3, 0.4) is 0 Å². The standard InChI is InChI=1S/C16H34N2O/c1-13(2)15(14(3)4)10-18-11-16(12-19-5)6-8-17-9-7-16/h13-15,17-18H,6-12H2,1-5H3. The average Bonchev–Trinajstić information content (AvgIpc) is 2.35. The van der Waals surface area contributed by atoms with Gasteiger partial charge in [0, 0.05) is 19.1 Å². The number of ether oxygens (including phenoxy) is 1. The minimum atomic E-state index is 0.346. The second kappa shape index (κ2) is 8.23. The number of piperidine rings is 1. The van der Waals surface area contributed by atoms with Crippen LogP contribution in [0.25, 0.3) is 0 Å². The average molecular weight is 270 g/mol. The predicted molar refractivity (Wildman–Crippen MR) is 82.4 cm³/mol. The summed E-state index contributed by atoms with van der Waals surface area (Å²) in [5.74, 6) is 2.26. The van der Waals surface area contributed by atoms with E-state index < -0.39 is 0 Å². The first-order chi connectivity index (χ1) is 9.01. The van der Waals surface area contributed by atoms with Crippen molar-refractivity contribution in [2.24, 2.45) is 23.2 Å². The van der Waals surface area contributed by atoms with Gasteiger partial charge in [0.05, 0.1) is 6.61 Å². The van der Waals surface area contributed by atoms with Gasteiger partial charge >= 0.3 is 0 Å². The Bertz CT molecular complexity index is 221. The van der Waals surface area contributed by atoms with Crippen LogP contribution in [0.2, 0.25) is 0 Å². The fourth-order valence-corrected chi connectivity index (χ4v) is 3.38. The molecule has 3 heteroatoms. The van der Waals surface area contributed by atoms with Crippen LogP contribution in [-0.2, 0) is 4.74 Å². The molecular formula is C16H34N2O. The van der Waals surface area contributed by atoms with Crippen LogP contribution in [0.4, 0.5) is 0 Å². The number of hydrogen-bond donors (Lipinski definition) is 2. The normalized spacial score (nSPS) is 19.6. The lowest BCUT2D eigenvalue weighted by Gasteiger charge is -2.38. The van der Waals surface area contributed by atoms with Crippen LogP contribution in [0.5, 0.6) is 0 Å². The van der Waals surface area contributed by atoms with E-state index in [2.05, 4.69) is 38.3 Å². The van der Waals surface area contributed by atoms with Gasteiger partial charge in [-0.3, -0.25) is 0 Å². The van der Waals surface area contributed by atoms with Crippen LogP contribution < -0.4 is 10.6 Å². The van der Waals surface area contributed by atoms with Crippen molar-refractivity contribution in [3.8, 4) is 0 Å². The van der Waals surface area contributed by atoms with Crippen molar-refractivity contribution in [1.29, 1.82) is 0 Å². The molecule has 0 spiro atoms. The van der Waals surface area contributed by atoms with E-state index in [1.807, 2.05) is 7.11 Å². The Morgan fingerprint density at radius 2 is 1.68 bits per heavy atom. The topological polar surface area (TPSA) is 33.3 Å². The maximum Gasteiger partial charge on any atom is 0.0531 e. The van der Waals surface area contributed by atoms with Crippen molar-refractivity contribution in [2.45, 2.75) is 40.5 Å². The van der Waals surface area contributed by atoms with Crippen LogP contribution in [0.1, 0.15) is 40.5 Å². The monoisotopic (exact) mass is 270 g/mol. The highest BCUT2D eigenvalue weighted by molar-refractivity contribution is 4.87. The Balaban J connectivity index is 2.43. The molecule has 3 nitrogen and oxygen atoms in total. The lowest BCUT2D eigenvalue weighted by atomic mass is 9.79. The molecule has 19 heavy (non-hydrogen) atoms. The van der Waals surface area contributed by atoms with Gasteiger partial charge in [0.2, 0.25) is 0 Å². The molecule has 0 aromatic carbocycles. The Morgan fingerprint density at radius 3 is 2.16 bits per heavy atom. The molecule has 114 valence electrons. The maximum absolute atomic E-state index is 5.47. The summed E-state index contributed by atoms with van der Waals surface area (Å²) in [5, 5.41) is 7.19. The van der Waals surface area contributed by atoms with E-state index in [1.54, 1.807) is 0 Å². The number of nitrogens with one attached hydrogen (secondary N) is 2. The Morgan fingerprint density at radius 1 is 1.11 bits per heavy atom. The summed E-state index contributed by atoms with van der Waals surface area (Å²) in [5.41, 5.74) is 0.346. The highest BCUT2D eigenvalue weighted by atomic mass is 16.5. The summed E-state index contributed by atoms with van der Waals surface area (Å²) in [6, 6.07) is 0. The Labute approximate surface area is 119 Å². The highest BCUT2D eigenvalue weighted by Gasteiger charge is 2.32. The zero-order valence-corrected chi connectivity index (χ0v) is 13.6. The second-order valence-electron chi connectivity index (χ2n) is 6.97. The zero-order chi connectivity index (χ0) is 14.3. The molecule has 1 heterocycles. The Hall–Kier alpha value is -0.120. The van der Waals surface area contributed by atoms with Crippen LogP contribution in [-0.4, -0.2) is 39.9 Å². The molecule has 0 aromatic rings. The van der Waals surface area contributed by atoms with Gasteiger partial charge < -0.3 is 15.4 Å². The van der Waals surface area contributed by atoms with E-state index in [1.165, 1.54) is 12.8 Å². The SMILES string of the molecule is COCC1(CNCC(C(C)C)C(C)C)CCNCC1. The summed E-state index contributed by atoms with van der Waals surface area (Å²) in [4.78, 5) is 0. The molecule has 0 aliphatic carbocycles. The van der Waals surface area contributed by atoms with Crippen LogP contribution in [0.15, 0.2) is 0 Å². The van der Waals surface area contributed by atoms with Gasteiger partial charge in [-0.05, 0) is 50.2 Å². The number of methoxy groups -OCH3 is 1. The predicted octanol–water partition coefficient (Wildman–Crippen LogP) is 2.52. The fourth-order valence-electron chi connectivity index (χ4n) is 3.38. The molecule has 0 atom stereocenters. The first-order valence-electron chi connectivity index (χ1n) is 7.91. The van der Waals surface area contributed by atoms with E-state index in [0.29, 0.717) is 5.41 Å². The largest absolute Gasteiger partial charge is 0.384 e. The second-order valence-corrected chi connectivity index (χ2v) is 6.97. The zero-order valence-electron chi connectivity index (χ0n) is 13.6. The third kappa shape index (κ3) is 5.41. The van der Waals surface area contributed by atoms with Crippen molar-refractivity contribution in [3.05, 3.63) is 0 Å². The molecule has 0 aromatic heterocycles. The van der Waals surface area contributed by atoms with E-state index in [4.69, 9.17) is 4.74 Å². The molecule has 0 saturated carbocycles. The molecule has 0 radical (unpaired) electrons. The fraction of sp³-hybridized carbons (Fsp3) is 1.00. The van der Waals surface area contributed by atoms with Gasteiger partial charge in [-0.15, -0.1) is 0 Å². The molecule has 1 rings (SSSR count). The molecule has 0 unspecified atom stereocenters. The first-order valence-corrected chi connectivity index (χ1v) is 7.91. The maximum atomic E-state index is 5.47. The number of rotatable bonds is 8. The quantitative estimate of drug-likeness (QED) is 0.711. The summed E-state index contributed by atoms with van der Waals surface area (Å²) in [6.07, 6.45) is 2.45. The third-order valence-electron chi connectivity index (χ3n) is 4.71. The van der Waals surface area contributed by atoms with Crippen LogP contribution >= 0.6 is 0 Å². The lowest BCUT2D eigenvalue weighted by Crippen LogP contribution is -2.47. The van der Waals surface area contributed by atoms with Crippen molar-refractivity contribution in [1.82, 2.24) is 10.6 Å². The summed E-state index contributed by atoms with van der Waals surface area (Å²) < 4.78 is 5.47. The summed E-state index contributed by atoms with van der Waals surface area (Å²) >= 11 is 0. The summed E-state index contributed by atoms with van der Waals surface area (Å²) in [7, 11) is 1.83. The highest BCUT2D eigenvalue weighted by Crippen LogP contribution is 2.28. The molecule has 1 saturated heterocycles.